The Labute approximate surface area is 148 Å². The van der Waals surface area contributed by atoms with E-state index in [-0.39, 0.29) is 5.89 Å². The molecule has 7 nitrogen and oxygen atoms in total. The molecule has 0 aliphatic heterocycles. The van der Waals surface area contributed by atoms with Gasteiger partial charge in [-0.3, -0.25) is 0 Å². The van der Waals surface area contributed by atoms with Gasteiger partial charge in [0.25, 0.3) is 0 Å². The van der Waals surface area contributed by atoms with E-state index in [2.05, 4.69) is 15.3 Å². The summed E-state index contributed by atoms with van der Waals surface area (Å²) >= 11 is 0. The Morgan fingerprint density at radius 3 is 2.73 bits per heavy atom. The summed E-state index contributed by atoms with van der Waals surface area (Å²) in [6.07, 6.45) is 3.50. The first-order valence-corrected chi connectivity index (χ1v) is 7.92. The smallest absolute Gasteiger partial charge is 0.344 e. The zero-order valence-corrected chi connectivity index (χ0v) is 13.9. The van der Waals surface area contributed by atoms with Gasteiger partial charge in [0.2, 0.25) is 11.8 Å². The lowest BCUT2D eigenvalue weighted by molar-refractivity contribution is 0.0735. The molecule has 4 aromatic rings. The van der Waals surface area contributed by atoms with Gasteiger partial charge in [-0.1, -0.05) is 18.2 Å². The number of carbonyl (C=O) groups excluding carboxylic acids is 1. The Morgan fingerprint density at radius 1 is 1.08 bits per heavy atom. The number of benzene rings is 2. The van der Waals surface area contributed by atoms with Gasteiger partial charge in [0, 0.05) is 25.4 Å². The van der Waals surface area contributed by atoms with Crippen molar-refractivity contribution in [2.75, 3.05) is 0 Å². The first-order valence-electron chi connectivity index (χ1n) is 7.92. The average molecular weight is 346 g/mol. The number of hydrogen-bond donors (Lipinski definition) is 0. The minimum absolute atomic E-state index is 0.278. The lowest BCUT2D eigenvalue weighted by Crippen LogP contribution is -2.10. The third-order valence-corrected chi connectivity index (χ3v) is 3.70. The number of rotatable bonds is 4. The largest absolute Gasteiger partial charge is 0.423 e. The van der Waals surface area contributed by atoms with E-state index in [9.17, 15) is 4.79 Å². The van der Waals surface area contributed by atoms with E-state index in [1.165, 1.54) is 0 Å². The second-order valence-corrected chi connectivity index (χ2v) is 5.51. The summed E-state index contributed by atoms with van der Waals surface area (Å²) in [7, 11) is 0. The van der Waals surface area contributed by atoms with Crippen molar-refractivity contribution in [2.45, 2.75) is 6.92 Å². The number of esters is 1. The van der Waals surface area contributed by atoms with Crippen molar-refractivity contribution in [1.29, 1.82) is 0 Å². The molecule has 0 atom stereocenters. The van der Waals surface area contributed by atoms with Crippen LogP contribution in [0.25, 0.3) is 17.1 Å². The SMILES string of the molecule is Cc1nnc(-c2ccccc2C(=O)Oc2cccc(-n3cccn3)c2)o1. The molecule has 2 heterocycles. The predicted octanol–water partition coefficient (Wildman–Crippen LogP) is 3.45. The predicted molar refractivity (Wildman–Crippen MR) is 93.0 cm³/mol. The molecule has 2 aromatic carbocycles. The topological polar surface area (TPSA) is 83.0 Å². The molecular weight excluding hydrogens is 332 g/mol. The second-order valence-electron chi connectivity index (χ2n) is 5.51. The van der Waals surface area contributed by atoms with Gasteiger partial charge in [0.15, 0.2) is 0 Å². The average Bonchev–Trinajstić information content (AvgIpc) is 3.34. The number of aromatic nitrogens is 4. The molecule has 4 rings (SSSR count). The van der Waals surface area contributed by atoms with Crippen molar-refractivity contribution in [3.8, 4) is 22.9 Å². The highest BCUT2D eigenvalue weighted by molar-refractivity contribution is 5.97. The minimum Gasteiger partial charge on any atom is -0.423 e. The van der Waals surface area contributed by atoms with E-state index in [1.54, 1.807) is 60.3 Å². The fourth-order valence-corrected chi connectivity index (χ4v) is 2.53. The fourth-order valence-electron chi connectivity index (χ4n) is 2.53. The molecule has 26 heavy (non-hydrogen) atoms. The maximum atomic E-state index is 12.7. The normalized spacial score (nSPS) is 10.7. The van der Waals surface area contributed by atoms with E-state index in [0.29, 0.717) is 22.8 Å². The number of nitrogens with zero attached hydrogens (tertiary/aromatic N) is 4. The summed E-state index contributed by atoms with van der Waals surface area (Å²) in [4.78, 5) is 12.7. The summed E-state index contributed by atoms with van der Waals surface area (Å²) < 4.78 is 12.7. The lowest BCUT2D eigenvalue weighted by Gasteiger charge is -2.08. The monoisotopic (exact) mass is 346 g/mol. The summed E-state index contributed by atoms with van der Waals surface area (Å²) in [5.41, 5.74) is 1.67. The van der Waals surface area contributed by atoms with Gasteiger partial charge >= 0.3 is 5.97 Å². The Morgan fingerprint density at radius 2 is 1.96 bits per heavy atom. The molecule has 0 fully saturated rings. The van der Waals surface area contributed by atoms with E-state index in [0.717, 1.165) is 5.69 Å². The van der Waals surface area contributed by atoms with Crippen LogP contribution in [0.5, 0.6) is 5.75 Å². The third kappa shape index (κ3) is 3.10. The van der Waals surface area contributed by atoms with Crippen molar-refractivity contribution in [2.24, 2.45) is 0 Å². The van der Waals surface area contributed by atoms with Crippen LogP contribution in [0, 0.1) is 6.92 Å². The summed E-state index contributed by atoms with van der Waals surface area (Å²) in [6, 6.07) is 15.9. The maximum absolute atomic E-state index is 12.7. The van der Waals surface area contributed by atoms with Crippen molar-refractivity contribution in [1.82, 2.24) is 20.0 Å². The Kier molecular flexibility index (Phi) is 4.03. The third-order valence-electron chi connectivity index (χ3n) is 3.70. The van der Waals surface area contributed by atoms with Crippen molar-refractivity contribution in [3.05, 3.63) is 78.4 Å². The molecule has 0 saturated carbocycles. The minimum atomic E-state index is -0.505. The van der Waals surface area contributed by atoms with E-state index in [1.807, 2.05) is 18.3 Å². The van der Waals surface area contributed by atoms with Crippen LogP contribution in [0.2, 0.25) is 0 Å². The summed E-state index contributed by atoms with van der Waals surface area (Å²) in [5, 5.41) is 12.0. The molecule has 0 aliphatic carbocycles. The van der Waals surface area contributed by atoms with Gasteiger partial charge < -0.3 is 9.15 Å². The standard InChI is InChI=1S/C19H14N4O3/c1-13-21-22-18(25-13)16-8-2-3-9-17(16)19(24)26-15-7-4-6-14(12-15)23-11-5-10-20-23/h2-12H,1H3. The van der Waals surface area contributed by atoms with Crippen LogP contribution in [-0.2, 0) is 0 Å². The molecule has 0 aliphatic rings. The lowest BCUT2D eigenvalue weighted by atomic mass is 10.1. The molecule has 128 valence electrons. The van der Waals surface area contributed by atoms with Crippen LogP contribution in [0.3, 0.4) is 0 Å². The highest BCUT2D eigenvalue weighted by Gasteiger charge is 2.18. The van der Waals surface area contributed by atoms with Gasteiger partial charge in [-0.25, -0.2) is 9.48 Å². The van der Waals surface area contributed by atoms with Gasteiger partial charge in [-0.15, -0.1) is 10.2 Å². The Bertz CT molecular complexity index is 1050. The van der Waals surface area contributed by atoms with E-state index < -0.39 is 5.97 Å². The quantitative estimate of drug-likeness (QED) is 0.416. The zero-order valence-electron chi connectivity index (χ0n) is 13.9. The first kappa shape index (κ1) is 15.8. The highest BCUT2D eigenvalue weighted by atomic mass is 16.5. The second kappa shape index (κ2) is 6.64. The molecule has 0 N–H and O–H groups in total. The van der Waals surface area contributed by atoms with Crippen LogP contribution < -0.4 is 4.74 Å². The van der Waals surface area contributed by atoms with Gasteiger partial charge in [-0.05, 0) is 30.3 Å². The van der Waals surface area contributed by atoms with Crippen molar-refractivity contribution < 1.29 is 13.9 Å². The Hall–Kier alpha value is -3.74. The molecule has 0 bridgehead atoms. The number of carbonyl (C=O) groups is 1. The van der Waals surface area contributed by atoms with Crippen LogP contribution in [-0.4, -0.2) is 25.9 Å². The molecule has 2 aromatic heterocycles. The number of ether oxygens (including phenoxy) is 1. The van der Waals surface area contributed by atoms with E-state index >= 15 is 0 Å². The zero-order chi connectivity index (χ0) is 17.9. The number of hydrogen-bond acceptors (Lipinski definition) is 6. The number of aryl methyl sites for hydroxylation is 1. The van der Waals surface area contributed by atoms with Crippen LogP contribution in [0.4, 0.5) is 0 Å². The fraction of sp³-hybridized carbons (Fsp3) is 0.0526. The maximum Gasteiger partial charge on any atom is 0.344 e. The highest BCUT2D eigenvalue weighted by Crippen LogP contribution is 2.24. The van der Waals surface area contributed by atoms with Crippen molar-refractivity contribution in [3.63, 3.8) is 0 Å². The molecule has 7 heteroatoms. The molecular formula is C19H14N4O3. The molecule has 0 spiro atoms. The van der Waals surface area contributed by atoms with Crippen molar-refractivity contribution >= 4 is 5.97 Å². The van der Waals surface area contributed by atoms with Gasteiger partial charge in [-0.2, -0.15) is 5.10 Å². The van der Waals surface area contributed by atoms with Crippen LogP contribution >= 0.6 is 0 Å². The summed E-state index contributed by atoms with van der Waals surface area (Å²) in [5.74, 6) is 0.615. The molecule has 0 radical (unpaired) electrons. The van der Waals surface area contributed by atoms with Crippen LogP contribution in [0.15, 0.2) is 71.4 Å². The molecule has 0 saturated heterocycles. The summed E-state index contributed by atoms with van der Waals surface area (Å²) in [6.45, 7) is 1.69. The molecule has 0 unspecified atom stereocenters. The first-order chi connectivity index (χ1) is 12.7. The van der Waals surface area contributed by atoms with Crippen LogP contribution in [0.1, 0.15) is 16.2 Å². The van der Waals surface area contributed by atoms with Gasteiger partial charge in [0.05, 0.1) is 16.8 Å². The molecule has 0 amide bonds. The van der Waals surface area contributed by atoms with E-state index in [4.69, 9.17) is 9.15 Å². The Balaban J connectivity index is 1.63. The van der Waals surface area contributed by atoms with Gasteiger partial charge in [0.1, 0.15) is 5.75 Å².